The second-order valence-corrected chi connectivity index (χ2v) is 5.81. The quantitative estimate of drug-likeness (QED) is 0.750. The Kier molecular flexibility index (Phi) is 2.07. The summed E-state index contributed by atoms with van der Waals surface area (Å²) in [7, 11) is 0. The van der Waals surface area contributed by atoms with E-state index >= 15 is 0 Å². The Hall–Kier alpha value is -1.42. The summed E-state index contributed by atoms with van der Waals surface area (Å²) in [6.45, 7) is 0. The van der Waals surface area contributed by atoms with E-state index in [1.54, 1.807) is 0 Å². The lowest BCUT2D eigenvalue weighted by molar-refractivity contribution is 0.344. The molecule has 18 heavy (non-hydrogen) atoms. The number of hydrogen-bond acceptors (Lipinski definition) is 2. The van der Waals surface area contributed by atoms with E-state index in [2.05, 4.69) is 33.2 Å². The molecule has 0 spiro atoms. The highest BCUT2D eigenvalue weighted by Crippen LogP contribution is 2.50. The van der Waals surface area contributed by atoms with Crippen molar-refractivity contribution in [2.45, 2.75) is 24.7 Å². The van der Waals surface area contributed by atoms with Gasteiger partial charge < -0.3 is 0 Å². The molecule has 0 amide bonds. The molecule has 3 nitrogen and oxygen atoms in total. The van der Waals surface area contributed by atoms with Gasteiger partial charge in [-0.15, -0.1) is 0 Å². The fourth-order valence-corrected chi connectivity index (χ4v) is 3.61. The van der Waals surface area contributed by atoms with Crippen LogP contribution >= 0.6 is 15.9 Å². The normalized spacial score (nSPS) is 23.6. The Morgan fingerprint density at radius 3 is 2.89 bits per heavy atom. The minimum absolute atomic E-state index is 0.0581. The average Bonchev–Trinajstić information content (AvgIpc) is 2.36. The van der Waals surface area contributed by atoms with Crippen molar-refractivity contribution in [1.29, 1.82) is 0 Å². The molecule has 4 heteroatoms. The Bertz CT molecular complexity index is 707. The largest absolute Gasteiger partial charge is 0.286 e. The fourth-order valence-electron chi connectivity index (χ4n) is 3.05. The van der Waals surface area contributed by atoms with Crippen LogP contribution in [0.1, 0.15) is 35.8 Å². The van der Waals surface area contributed by atoms with E-state index < -0.39 is 0 Å². The second kappa shape index (κ2) is 3.54. The average molecular weight is 303 g/mol. The van der Waals surface area contributed by atoms with Crippen LogP contribution in [0.2, 0.25) is 0 Å². The Balaban J connectivity index is 2.12. The van der Waals surface area contributed by atoms with E-state index in [0.717, 1.165) is 17.7 Å². The number of benzene rings is 1. The maximum Gasteiger partial charge on any atom is 0.286 e. The van der Waals surface area contributed by atoms with Crippen LogP contribution in [0.25, 0.3) is 5.69 Å². The van der Waals surface area contributed by atoms with Crippen LogP contribution in [0.15, 0.2) is 39.7 Å². The van der Waals surface area contributed by atoms with Crippen LogP contribution in [-0.4, -0.2) is 9.78 Å². The van der Waals surface area contributed by atoms with Crippen LogP contribution < -0.4 is 5.56 Å². The number of halogens is 1. The first-order valence-electron chi connectivity index (χ1n) is 6.14. The van der Waals surface area contributed by atoms with Gasteiger partial charge in [-0.1, -0.05) is 12.1 Å². The Morgan fingerprint density at radius 1 is 1.28 bits per heavy atom. The molecule has 1 aliphatic carbocycles. The zero-order chi connectivity index (χ0) is 12.3. The summed E-state index contributed by atoms with van der Waals surface area (Å²) < 4.78 is 2.15. The van der Waals surface area contributed by atoms with Gasteiger partial charge >= 0.3 is 0 Å². The summed E-state index contributed by atoms with van der Waals surface area (Å²) in [4.78, 5) is 12.3. The molecule has 5 rings (SSSR count). The van der Waals surface area contributed by atoms with Gasteiger partial charge in [-0.3, -0.25) is 4.79 Å². The first kappa shape index (κ1) is 10.5. The summed E-state index contributed by atoms with van der Waals surface area (Å²) in [5.41, 5.74) is 3.19. The zero-order valence-electron chi connectivity index (χ0n) is 9.64. The van der Waals surface area contributed by atoms with Crippen molar-refractivity contribution in [2.24, 2.45) is 0 Å². The summed E-state index contributed by atoms with van der Waals surface area (Å²) in [5.74, 6) is 0.965. The molecule has 2 aromatic rings. The highest BCUT2D eigenvalue weighted by Gasteiger charge is 2.36. The van der Waals surface area contributed by atoms with Crippen LogP contribution in [-0.2, 0) is 0 Å². The number of rotatable bonds is 0. The molecule has 0 N–H and O–H groups in total. The summed E-state index contributed by atoms with van der Waals surface area (Å²) in [6, 6.07) is 8.20. The highest BCUT2D eigenvalue weighted by molar-refractivity contribution is 9.10. The lowest BCUT2D eigenvalue weighted by Gasteiger charge is -2.37. The molecule has 4 bridgehead atoms. The van der Waals surface area contributed by atoms with E-state index in [1.807, 2.05) is 18.3 Å². The summed E-state index contributed by atoms with van der Waals surface area (Å²) in [5, 5.41) is 4.31. The van der Waals surface area contributed by atoms with Crippen molar-refractivity contribution < 1.29 is 0 Å². The molecule has 0 radical (unpaired) electrons. The molecule has 1 aromatic carbocycles. The number of fused-ring (bicyclic) bond motifs is 2. The van der Waals surface area contributed by atoms with Crippen molar-refractivity contribution >= 4 is 15.9 Å². The van der Waals surface area contributed by atoms with Gasteiger partial charge in [-0.05, 0) is 63.9 Å². The van der Waals surface area contributed by atoms with Gasteiger partial charge in [0.1, 0.15) is 0 Å². The van der Waals surface area contributed by atoms with E-state index in [0.29, 0.717) is 16.3 Å². The smallest absolute Gasteiger partial charge is 0.266 e. The molecular formula is C14H11BrN2O. The minimum Gasteiger partial charge on any atom is -0.266 e. The molecule has 3 heterocycles. The van der Waals surface area contributed by atoms with Gasteiger partial charge in [-0.2, -0.15) is 9.78 Å². The van der Waals surface area contributed by atoms with Crippen LogP contribution in [0.4, 0.5) is 0 Å². The van der Waals surface area contributed by atoms with Gasteiger partial charge in [0.05, 0.1) is 16.4 Å². The topological polar surface area (TPSA) is 34.9 Å². The molecule has 2 unspecified atom stereocenters. The second-order valence-electron chi connectivity index (χ2n) is 5.02. The third kappa shape index (κ3) is 1.24. The van der Waals surface area contributed by atoms with E-state index in [1.165, 1.54) is 16.7 Å². The SMILES string of the molecule is O=c1c(Br)c2cnn1-c1cccc(c1)C1CCC21. The lowest BCUT2D eigenvalue weighted by atomic mass is 9.67. The van der Waals surface area contributed by atoms with Crippen molar-refractivity contribution in [1.82, 2.24) is 9.78 Å². The molecule has 90 valence electrons. The van der Waals surface area contributed by atoms with Crippen molar-refractivity contribution in [3.63, 3.8) is 0 Å². The maximum absolute atomic E-state index is 12.3. The van der Waals surface area contributed by atoms with Gasteiger partial charge in [0.25, 0.3) is 5.56 Å². The van der Waals surface area contributed by atoms with Crippen molar-refractivity contribution in [2.75, 3.05) is 0 Å². The predicted octanol–water partition coefficient (Wildman–Crippen LogP) is 2.97. The summed E-state index contributed by atoms with van der Waals surface area (Å²) in [6.07, 6.45) is 4.18. The van der Waals surface area contributed by atoms with Crippen LogP contribution in [0, 0.1) is 0 Å². The fraction of sp³-hybridized carbons (Fsp3) is 0.286. The zero-order valence-corrected chi connectivity index (χ0v) is 11.2. The van der Waals surface area contributed by atoms with Gasteiger partial charge in [0.2, 0.25) is 0 Å². The number of nitrogens with zero attached hydrogens (tertiary/aromatic N) is 2. The predicted molar refractivity (Wildman–Crippen MR) is 72.3 cm³/mol. The number of aromatic nitrogens is 2. The molecule has 1 aromatic heterocycles. The molecule has 2 aliphatic heterocycles. The van der Waals surface area contributed by atoms with E-state index in [9.17, 15) is 4.79 Å². The lowest BCUT2D eigenvalue weighted by Crippen LogP contribution is -2.26. The van der Waals surface area contributed by atoms with Crippen molar-refractivity contribution in [3.8, 4) is 5.69 Å². The monoisotopic (exact) mass is 302 g/mol. The van der Waals surface area contributed by atoms with Gasteiger partial charge in [0, 0.05) is 0 Å². The van der Waals surface area contributed by atoms with Crippen molar-refractivity contribution in [3.05, 3.63) is 56.4 Å². The molecule has 3 aliphatic rings. The molecular weight excluding hydrogens is 292 g/mol. The van der Waals surface area contributed by atoms with Gasteiger partial charge in [0.15, 0.2) is 0 Å². The first-order chi connectivity index (χ1) is 8.75. The van der Waals surface area contributed by atoms with Crippen LogP contribution in [0.3, 0.4) is 0 Å². The Labute approximate surface area is 113 Å². The third-order valence-electron chi connectivity index (χ3n) is 4.16. The summed E-state index contributed by atoms with van der Waals surface area (Å²) >= 11 is 3.46. The maximum atomic E-state index is 12.3. The molecule has 2 atom stereocenters. The molecule has 1 fully saturated rings. The standard InChI is InChI=1S/C14H11BrN2O/c15-13-12-7-16-17(14(13)18)9-3-1-2-8(6-9)10-4-5-11(10)12/h1-3,6-7,10-11H,4-5H2. The molecule has 1 saturated carbocycles. The van der Waals surface area contributed by atoms with Crippen LogP contribution in [0.5, 0.6) is 0 Å². The first-order valence-corrected chi connectivity index (χ1v) is 6.93. The highest BCUT2D eigenvalue weighted by atomic mass is 79.9. The minimum atomic E-state index is -0.0581. The number of hydrogen-bond donors (Lipinski definition) is 0. The van der Waals surface area contributed by atoms with Gasteiger partial charge in [-0.25, -0.2) is 0 Å². The van der Waals surface area contributed by atoms with E-state index in [4.69, 9.17) is 0 Å². The Morgan fingerprint density at radius 2 is 2.11 bits per heavy atom. The third-order valence-corrected chi connectivity index (χ3v) is 4.96. The van der Waals surface area contributed by atoms with E-state index in [-0.39, 0.29) is 5.56 Å². The molecule has 0 saturated heterocycles.